The van der Waals surface area contributed by atoms with Crippen molar-refractivity contribution in [2.45, 2.75) is 31.7 Å². The Morgan fingerprint density at radius 3 is 2.33 bits per heavy atom. The molecule has 3 nitrogen and oxygen atoms in total. The maximum absolute atomic E-state index is 10.2. The van der Waals surface area contributed by atoms with E-state index in [9.17, 15) is 10.2 Å². The molecule has 1 aromatic carbocycles. The summed E-state index contributed by atoms with van der Waals surface area (Å²) in [7, 11) is 0. The van der Waals surface area contributed by atoms with Gasteiger partial charge in [0, 0.05) is 19.4 Å². The van der Waals surface area contributed by atoms with E-state index >= 15 is 0 Å². The van der Waals surface area contributed by atoms with Crippen LogP contribution in [0.25, 0.3) is 0 Å². The maximum atomic E-state index is 10.2. The number of hydrogen-bond donors (Lipinski definition) is 2. The summed E-state index contributed by atoms with van der Waals surface area (Å²) in [5.74, 6) is 0. The number of rotatable bonds is 3. The highest BCUT2D eigenvalue weighted by Gasteiger charge is 2.41. The second kappa shape index (κ2) is 3.93. The van der Waals surface area contributed by atoms with Crippen LogP contribution in [0.2, 0.25) is 0 Å². The van der Waals surface area contributed by atoms with Crippen LogP contribution in [0.4, 0.5) is 0 Å². The van der Waals surface area contributed by atoms with E-state index in [0.717, 1.165) is 11.1 Å². The van der Waals surface area contributed by atoms with Crippen LogP contribution < -0.4 is 0 Å². The smallest absolute Gasteiger partial charge is 0.184 e. The molecule has 2 rings (SSSR count). The second-order valence-electron chi connectivity index (χ2n) is 4.03. The van der Waals surface area contributed by atoms with E-state index in [1.165, 1.54) is 0 Å². The molecule has 1 aliphatic rings. The van der Waals surface area contributed by atoms with Crippen molar-refractivity contribution >= 4 is 0 Å². The van der Waals surface area contributed by atoms with E-state index in [0.29, 0.717) is 19.4 Å². The molecule has 82 valence electrons. The molecular weight excluding hydrogens is 192 g/mol. The first-order valence-corrected chi connectivity index (χ1v) is 5.24. The van der Waals surface area contributed by atoms with Gasteiger partial charge in [0.2, 0.25) is 0 Å². The molecule has 0 fully saturated rings. The van der Waals surface area contributed by atoms with Crippen molar-refractivity contribution in [1.29, 1.82) is 0 Å². The van der Waals surface area contributed by atoms with Gasteiger partial charge in [0.1, 0.15) is 5.60 Å². The molecule has 0 amide bonds. The topological polar surface area (TPSA) is 49.7 Å². The van der Waals surface area contributed by atoms with E-state index in [2.05, 4.69) is 0 Å². The van der Waals surface area contributed by atoms with Gasteiger partial charge in [-0.25, -0.2) is 0 Å². The fourth-order valence-electron chi connectivity index (χ4n) is 2.11. The largest absolute Gasteiger partial charge is 0.384 e. The van der Waals surface area contributed by atoms with Gasteiger partial charge in [0.15, 0.2) is 6.29 Å². The normalized spacial score (nSPS) is 19.9. The molecule has 0 spiro atoms. The predicted molar refractivity (Wildman–Crippen MR) is 56.4 cm³/mol. The summed E-state index contributed by atoms with van der Waals surface area (Å²) in [6.07, 6.45) is -0.177. The Balaban J connectivity index is 2.17. The van der Waals surface area contributed by atoms with Gasteiger partial charge in [-0.3, -0.25) is 0 Å². The fourth-order valence-corrected chi connectivity index (χ4v) is 2.11. The lowest BCUT2D eigenvalue weighted by Gasteiger charge is -2.27. The SMILES string of the molecule is CCOC(O)C1(O)Cc2ccccc2C1. The molecule has 0 saturated carbocycles. The summed E-state index contributed by atoms with van der Waals surface area (Å²) < 4.78 is 5.07. The third kappa shape index (κ3) is 1.91. The minimum atomic E-state index is -1.15. The van der Waals surface area contributed by atoms with Gasteiger partial charge in [-0.1, -0.05) is 24.3 Å². The number of aliphatic hydroxyl groups excluding tert-OH is 1. The first-order valence-electron chi connectivity index (χ1n) is 5.24. The summed E-state index contributed by atoms with van der Waals surface area (Å²) in [6.45, 7) is 2.20. The summed E-state index contributed by atoms with van der Waals surface area (Å²) in [5.41, 5.74) is 1.04. The summed E-state index contributed by atoms with van der Waals surface area (Å²) in [5, 5.41) is 19.9. The molecule has 0 radical (unpaired) electrons. The van der Waals surface area contributed by atoms with Gasteiger partial charge >= 0.3 is 0 Å². The molecule has 0 heterocycles. The van der Waals surface area contributed by atoms with Gasteiger partial charge in [-0.2, -0.15) is 0 Å². The molecular formula is C12H16O3. The van der Waals surface area contributed by atoms with Crippen molar-refractivity contribution in [3.05, 3.63) is 35.4 Å². The van der Waals surface area contributed by atoms with Gasteiger partial charge in [-0.05, 0) is 18.1 Å². The van der Waals surface area contributed by atoms with Crippen LogP contribution in [0, 0.1) is 0 Å². The van der Waals surface area contributed by atoms with E-state index in [-0.39, 0.29) is 0 Å². The molecule has 2 N–H and O–H groups in total. The number of benzene rings is 1. The van der Waals surface area contributed by atoms with Crippen molar-refractivity contribution < 1.29 is 14.9 Å². The van der Waals surface area contributed by atoms with Crippen LogP contribution in [0.3, 0.4) is 0 Å². The Bertz CT molecular complexity index is 323. The monoisotopic (exact) mass is 208 g/mol. The Morgan fingerprint density at radius 1 is 1.33 bits per heavy atom. The zero-order valence-corrected chi connectivity index (χ0v) is 8.81. The van der Waals surface area contributed by atoms with Crippen LogP contribution in [-0.4, -0.2) is 28.7 Å². The van der Waals surface area contributed by atoms with Gasteiger partial charge in [-0.15, -0.1) is 0 Å². The molecule has 3 heteroatoms. The van der Waals surface area contributed by atoms with Crippen molar-refractivity contribution in [2.75, 3.05) is 6.61 Å². The summed E-state index contributed by atoms with van der Waals surface area (Å²) in [4.78, 5) is 0. The first-order chi connectivity index (χ1) is 7.15. The zero-order valence-electron chi connectivity index (χ0n) is 8.81. The Labute approximate surface area is 89.3 Å². The lowest BCUT2D eigenvalue weighted by molar-refractivity contribution is -0.206. The standard InChI is InChI=1S/C12H16O3/c1-2-15-11(13)12(14)7-9-5-3-4-6-10(9)8-12/h3-6,11,13-14H,2,7-8H2,1H3. The zero-order chi connectivity index (χ0) is 10.9. The van der Waals surface area contributed by atoms with Gasteiger partial charge in [0.05, 0.1) is 0 Å². The van der Waals surface area contributed by atoms with Crippen molar-refractivity contribution in [1.82, 2.24) is 0 Å². The van der Waals surface area contributed by atoms with Crippen LogP contribution in [0.1, 0.15) is 18.1 Å². The van der Waals surface area contributed by atoms with E-state index in [1.807, 2.05) is 24.3 Å². The summed E-state index contributed by atoms with van der Waals surface area (Å²) >= 11 is 0. The van der Waals surface area contributed by atoms with E-state index < -0.39 is 11.9 Å². The van der Waals surface area contributed by atoms with Crippen LogP contribution in [0.15, 0.2) is 24.3 Å². The Kier molecular flexibility index (Phi) is 2.78. The lowest BCUT2D eigenvalue weighted by atomic mass is 10.00. The molecule has 0 saturated heterocycles. The van der Waals surface area contributed by atoms with E-state index in [1.54, 1.807) is 6.92 Å². The van der Waals surface area contributed by atoms with E-state index in [4.69, 9.17) is 4.74 Å². The Morgan fingerprint density at radius 2 is 1.87 bits per heavy atom. The Hall–Kier alpha value is -0.900. The second-order valence-corrected chi connectivity index (χ2v) is 4.03. The van der Waals surface area contributed by atoms with Crippen molar-refractivity contribution in [3.63, 3.8) is 0 Å². The third-order valence-corrected chi connectivity index (χ3v) is 2.90. The number of fused-ring (bicyclic) bond motifs is 1. The van der Waals surface area contributed by atoms with Crippen LogP contribution >= 0.6 is 0 Å². The number of ether oxygens (including phenoxy) is 1. The van der Waals surface area contributed by atoms with Crippen molar-refractivity contribution in [3.8, 4) is 0 Å². The molecule has 1 aliphatic carbocycles. The fraction of sp³-hybridized carbons (Fsp3) is 0.500. The molecule has 1 aromatic rings. The highest BCUT2D eigenvalue weighted by Crippen LogP contribution is 2.32. The predicted octanol–water partition coefficient (Wildman–Crippen LogP) is 0.871. The van der Waals surface area contributed by atoms with Crippen molar-refractivity contribution in [2.24, 2.45) is 0 Å². The molecule has 0 bridgehead atoms. The average Bonchev–Trinajstić information content (AvgIpc) is 2.56. The molecule has 0 aliphatic heterocycles. The van der Waals surface area contributed by atoms with Gasteiger partial charge < -0.3 is 14.9 Å². The van der Waals surface area contributed by atoms with Crippen LogP contribution in [-0.2, 0) is 17.6 Å². The highest BCUT2D eigenvalue weighted by atomic mass is 16.6. The molecule has 15 heavy (non-hydrogen) atoms. The first kappa shape index (κ1) is 10.6. The highest BCUT2D eigenvalue weighted by molar-refractivity contribution is 5.35. The third-order valence-electron chi connectivity index (χ3n) is 2.90. The van der Waals surface area contributed by atoms with Crippen LogP contribution in [0.5, 0.6) is 0 Å². The lowest BCUT2D eigenvalue weighted by Crippen LogP contribution is -2.44. The quantitative estimate of drug-likeness (QED) is 0.725. The van der Waals surface area contributed by atoms with Gasteiger partial charge in [0.25, 0.3) is 0 Å². The minimum Gasteiger partial charge on any atom is -0.384 e. The summed E-state index contributed by atoms with van der Waals surface area (Å²) in [6, 6.07) is 7.84. The average molecular weight is 208 g/mol. The number of hydrogen-bond acceptors (Lipinski definition) is 3. The maximum Gasteiger partial charge on any atom is 0.184 e. The molecule has 1 atom stereocenters. The number of aliphatic hydroxyl groups is 2. The molecule has 0 aromatic heterocycles. The molecule has 1 unspecified atom stereocenters. The minimum absolute atomic E-state index is 0.403.